The summed E-state index contributed by atoms with van der Waals surface area (Å²) in [5.41, 5.74) is 6.46. The van der Waals surface area contributed by atoms with Crippen LogP contribution >= 0.6 is 0 Å². The zero-order valence-electron chi connectivity index (χ0n) is 8.71. The van der Waals surface area contributed by atoms with Gasteiger partial charge >= 0.3 is 0 Å². The summed E-state index contributed by atoms with van der Waals surface area (Å²) in [6, 6.07) is 7.76. The maximum Gasteiger partial charge on any atom is 0.140 e. The van der Waals surface area contributed by atoms with Crippen molar-refractivity contribution in [2.75, 3.05) is 13.2 Å². The van der Waals surface area contributed by atoms with E-state index in [1.54, 1.807) is 0 Å². The van der Waals surface area contributed by atoms with E-state index in [1.165, 1.54) is 0 Å². The molecule has 0 amide bonds. The maximum absolute atomic E-state index is 14.1. The molecule has 2 rings (SSSR count). The molecule has 1 aromatic carbocycles. The van der Waals surface area contributed by atoms with Crippen LogP contribution in [0.2, 0.25) is 0 Å². The lowest BCUT2D eigenvalue weighted by Gasteiger charge is -2.18. The van der Waals surface area contributed by atoms with Crippen LogP contribution in [0.4, 0.5) is 4.39 Å². The van der Waals surface area contributed by atoms with Crippen molar-refractivity contribution < 1.29 is 9.13 Å². The van der Waals surface area contributed by atoms with Crippen LogP contribution in [-0.2, 0) is 17.7 Å². The molecule has 2 nitrogen and oxygen atoms in total. The number of nitrogens with two attached hydrogens (primary N) is 1. The smallest absolute Gasteiger partial charge is 0.140 e. The Labute approximate surface area is 89.2 Å². The van der Waals surface area contributed by atoms with E-state index < -0.39 is 5.67 Å². The SMILES string of the molecule is NCc1ccccc1CC1(F)CCOC1. The van der Waals surface area contributed by atoms with Crippen LogP contribution in [0.1, 0.15) is 17.5 Å². The van der Waals surface area contributed by atoms with Gasteiger partial charge in [-0.15, -0.1) is 0 Å². The monoisotopic (exact) mass is 209 g/mol. The van der Waals surface area contributed by atoms with Crippen LogP contribution in [-0.4, -0.2) is 18.9 Å². The highest BCUT2D eigenvalue weighted by Gasteiger charge is 2.35. The predicted molar refractivity (Wildman–Crippen MR) is 57.3 cm³/mol. The van der Waals surface area contributed by atoms with Crippen LogP contribution in [0.5, 0.6) is 0 Å². The average Bonchev–Trinajstić information content (AvgIpc) is 2.66. The molecule has 1 aromatic rings. The van der Waals surface area contributed by atoms with Gasteiger partial charge in [-0.2, -0.15) is 0 Å². The first-order valence-electron chi connectivity index (χ1n) is 5.27. The highest BCUT2D eigenvalue weighted by molar-refractivity contribution is 5.28. The number of hydrogen-bond donors (Lipinski definition) is 1. The molecule has 1 saturated heterocycles. The van der Waals surface area contributed by atoms with Crippen molar-refractivity contribution in [3.8, 4) is 0 Å². The van der Waals surface area contributed by atoms with Crippen molar-refractivity contribution in [2.45, 2.75) is 25.1 Å². The van der Waals surface area contributed by atoms with Gasteiger partial charge in [0, 0.05) is 26.0 Å². The van der Waals surface area contributed by atoms with Crippen LogP contribution < -0.4 is 5.73 Å². The molecule has 0 spiro atoms. The first-order valence-corrected chi connectivity index (χ1v) is 5.27. The summed E-state index contributed by atoms with van der Waals surface area (Å²) < 4.78 is 19.2. The third-order valence-corrected chi connectivity index (χ3v) is 2.90. The summed E-state index contributed by atoms with van der Waals surface area (Å²) >= 11 is 0. The van der Waals surface area contributed by atoms with Gasteiger partial charge in [-0.05, 0) is 11.1 Å². The molecule has 0 radical (unpaired) electrons. The molecular formula is C12H16FNO. The Morgan fingerprint density at radius 3 is 2.67 bits per heavy atom. The number of ether oxygens (including phenoxy) is 1. The summed E-state index contributed by atoms with van der Waals surface area (Å²) in [5, 5.41) is 0. The summed E-state index contributed by atoms with van der Waals surface area (Å²) in [7, 11) is 0. The molecular weight excluding hydrogens is 193 g/mol. The van der Waals surface area contributed by atoms with E-state index in [0.717, 1.165) is 11.1 Å². The zero-order chi connectivity index (χ0) is 10.7. The lowest BCUT2D eigenvalue weighted by Crippen LogP contribution is -2.26. The molecule has 1 heterocycles. The number of hydrogen-bond acceptors (Lipinski definition) is 2. The summed E-state index contributed by atoms with van der Waals surface area (Å²) in [5.74, 6) is 0. The van der Waals surface area contributed by atoms with Crippen LogP contribution in [0, 0.1) is 0 Å². The minimum absolute atomic E-state index is 0.214. The number of rotatable bonds is 3. The number of halogens is 1. The van der Waals surface area contributed by atoms with Gasteiger partial charge in [0.25, 0.3) is 0 Å². The molecule has 0 aromatic heterocycles. The average molecular weight is 209 g/mol. The highest BCUT2D eigenvalue weighted by Crippen LogP contribution is 2.28. The fraction of sp³-hybridized carbons (Fsp3) is 0.500. The molecule has 0 aliphatic carbocycles. The largest absolute Gasteiger partial charge is 0.378 e. The molecule has 1 unspecified atom stereocenters. The van der Waals surface area contributed by atoms with E-state index in [9.17, 15) is 4.39 Å². The van der Waals surface area contributed by atoms with E-state index in [0.29, 0.717) is 26.0 Å². The van der Waals surface area contributed by atoms with E-state index in [2.05, 4.69) is 0 Å². The van der Waals surface area contributed by atoms with Gasteiger partial charge in [-0.25, -0.2) is 4.39 Å². The van der Waals surface area contributed by atoms with Crippen molar-refractivity contribution >= 4 is 0 Å². The van der Waals surface area contributed by atoms with Gasteiger partial charge < -0.3 is 10.5 Å². The Hall–Kier alpha value is -0.930. The lowest BCUT2D eigenvalue weighted by molar-refractivity contribution is 0.112. The van der Waals surface area contributed by atoms with Gasteiger partial charge in [0.15, 0.2) is 0 Å². The Balaban J connectivity index is 2.16. The molecule has 2 N–H and O–H groups in total. The van der Waals surface area contributed by atoms with Crippen LogP contribution in [0.3, 0.4) is 0 Å². The molecule has 82 valence electrons. The van der Waals surface area contributed by atoms with Gasteiger partial charge in [0.05, 0.1) is 6.61 Å². The van der Waals surface area contributed by atoms with E-state index in [-0.39, 0.29) is 6.61 Å². The van der Waals surface area contributed by atoms with Crippen molar-refractivity contribution in [1.29, 1.82) is 0 Å². The Morgan fingerprint density at radius 1 is 1.33 bits per heavy atom. The van der Waals surface area contributed by atoms with Gasteiger partial charge in [-0.3, -0.25) is 0 Å². The standard InChI is InChI=1S/C12H16FNO/c13-12(5-6-15-9-12)7-10-3-1-2-4-11(10)8-14/h1-4H,5-9,14H2. The van der Waals surface area contributed by atoms with E-state index in [4.69, 9.17) is 10.5 Å². The zero-order valence-corrected chi connectivity index (χ0v) is 8.71. The molecule has 3 heteroatoms. The maximum atomic E-state index is 14.1. The first kappa shape index (κ1) is 10.6. The van der Waals surface area contributed by atoms with Gasteiger partial charge in [-0.1, -0.05) is 24.3 Å². The van der Waals surface area contributed by atoms with E-state index >= 15 is 0 Å². The molecule has 0 bridgehead atoms. The normalized spacial score (nSPS) is 25.7. The van der Waals surface area contributed by atoms with Crippen molar-refractivity contribution in [3.05, 3.63) is 35.4 Å². The second kappa shape index (κ2) is 4.29. The van der Waals surface area contributed by atoms with Crippen molar-refractivity contribution in [3.63, 3.8) is 0 Å². The Kier molecular flexibility index (Phi) is 3.03. The molecule has 1 aliphatic rings. The summed E-state index contributed by atoms with van der Waals surface area (Å²) in [6.07, 6.45) is 0.909. The quantitative estimate of drug-likeness (QED) is 0.824. The van der Waals surface area contributed by atoms with Crippen molar-refractivity contribution in [1.82, 2.24) is 0 Å². The Bertz CT molecular complexity index is 334. The second-order valence-electron chi connectivity index (χ2n) is 4.10. The van der Waals surface area contributed by atoms with Crippen LogP contribution in [0.25, 0.3) is 0 Å². The molecule has 15 heavy (non-hydrogen) atoms. The molecule has 0 saturated carbocycles. The third-order valence-electron chi connectivity index (χ3n) is 2.90. The molecule has 1 aliphatic heterocycles. The minimum atomic E-state index is -1.19. The fourth-order valence-electron chi connectivity index (χ4n) is 1.99. The van der Waals surface area contributed by atoms with Gasteiger partial charge in [0.1, 0.15) is 5.67 Å². The predicted octanol–water partition coefficient (Wildman–Crippen LogP) is 1.82. The number of alkyl halides is 1. The van der Waals surface area contributed by atoms with E-state index in [1.807, 2.05) is 24.3 Å². The second-order valence-corrected chi connectivity index (χ2v) is 4.10. The minimum Gasteiger partial charge on any atom is -0.378 e. The molecule has 1 fully saturated rings. The van der Waals surface area contributed by atoms with Crippen molar-refractivity contribution in [2.24, 2.45) is 5.73 Å². The topological polar surface area (TPSA) is 35.2 Å². The fourth-order valence-corrected chi connectivity index (χ4v) is 1.99. The third kappa shape index (κ3) is 2.36. The summed E-state index contributed by atoms with van der Waals surface area (Å²) in [6.45, 7) is 1.21. The number of benzene rings is 1. The van der Waals surface area contributed by atoms with Gasteiger partial charge in [0.2, 0.25) is 0 Å². The van der Waals surface area contributed by atoms with Crippen LogP contribution in [0.15, 0.2) is 24.3 Å². The highest BCUT2D eigenvalue weighted by atomic mass is 19.1. The summed E-state index contributed by atoms with van der Waals surface area (Å²) in [4.78, 5) is 0. The first-order chi connectivity index (χ1) is 7.23. The lowest BCUT2D eigenvalue weighted by atomic mass is 9.92. The molecule has 1 atom stereocenters. The Morgan fingerprint density at radius 2 is 2.07 bits per heavy atom.